The molecule has 38 heavy (non-hydrogen) atoms. The molecule has 2 fully saturated rings. The molecule has 2 aliphatic rings. The zero-order valence-corrected chi connectivity index (χ0v) is 22.9. The summed E-state index contributed by atoms with van der Waals surface area (Å²) in [7, 11) is 1.60. The lowest BCUT2D eigenvalue weighted by Gasteiger charge is -2.33. The molecule has 1 saturated carbocycles. The molecule has 5 rings (SSSR count). The number of carbonyl (C=O) groups excluding carboxylic acids is 2. The summed E-state index contributed by atoms with van der Waals surface area (Å²) < 4.78 is 2.32. The molecule has 6 nitrogen and oxygen atoms in total. The van der Waals surface area contributed by atoms with Crippen LogP contribution >= 0.6 is 0 Å². The van der Waals surface area contributed by atoms with Crippen LogP contribution in [-0.4, -0.2) is 39.4 Å². The summed E-state index contributed by atoms with van der Waals surface area (Å²) in [6.45, 7) is 3.13. The Labute approximate surface area is 227 Å². The van der Waals surface area contributed by atoms with Crippen molar-refractivity contribution in [1.29, 1.82) is 0 Å². The molecule has 1 saturated heterocycles. The standard InChI is InChI=1S/C29H35N3O.C3H7NO/c33-29-15-14-27(32(29)21-24-10-5-2-6-11-24)17-25-12-7-13-26(16-25)18-28-19-30-22-31(28)20-23-8-3-1-4-9-23;1-3(5)4-2/h1-6,8-11,19,22,25-27H,7,12-18,20-21H2;1-2H3,(H,4,5)/t25-,26?,27-;/m0./s1. The molecule has 1 N–H and O–H groups in total. The maximum atomic E-state index is 12.6. The van der Waals surface area contributed by atoms with Crippen molar-refractivity contribution in [3.63, 3.8) is 0 Å². The van der Waals surface area contributed by atoms with Crippen molar-refractivity contribution < 1.29 is 9.59 Å². The van der Waals surface area contributed by atoms with E-state index in [4.69, 9.17) is 0 Å². The summed E-state index contributed by atoms with van der Waals surface area (Å²) in [6.07, 6.45) is 13.3. The van der Waals surface area contributed by atoms with Crippen LogP contribution in [0.3, 0.4) is 0 Å². The van der Waals surface area contributed by atoms with Crippen LogP contribution < -0.4 is 5.32 Å². The molecule has 1 aliphatic heterocycles. The fourth-order valence-corrected chi connectivity index (χ4v) is 5.96. The summed E-state index contributed by atoms with van der Waals surface area (Å²) in [5.41, 5.74) is 3.92. The summed E-state index contributed by atoms with van der Waals surface area (Å²) >= 11 is 0. The Morgan fingerprint density at radius 3 is 2.24 bits per heavy atom. The third kappa shape index (κ3) is 8.04. The topological polar surface area (TPSA) is 67.2 Å². The van der Waals surface area contributed by atoms with Crippen LogP contribution in [0.2, 0.25) is 0 Å². The van der Waals surface area contributed by atoms with Crippen LogP contribution in [0.1, 0.15) is 68.7 Å². The van der Waals surface area contributed by atoms with Crippen LogP contribution in [0.5, 0.6) is 0 Å². The molecule has 6 heteroatoms. The van der Waals surface area contributed by atoms with Gasteiger partial charge in [0.2, 0.25) is 11.8 Å². The minimum Gasteiger partial charge on any atom is -0.359 e. The Kier molecular flexibility index (Phi) is 10.1. The fraction of sp³-hybridized carbons (Fsp3) is 0.469. The van der Waals surface area contributed by atoms with E-state index in [9.17, 15) is 9.59 Å². The summed E-state index contributed by atoms with van der Waals surface area (Å²) in [4.78, 5) is 28.9. The van der Waals surface area contributed by atoms with Gasteiger partial charge < -0.3 is 14.8 Å². The number of hydrogen-bond acceptors (Lipinski definition) is 3. The van der Waals surface area contributed by atoms with E-state index in [-0.39, 0.29) is 5.91 Å². The molecule has 0 spiro atoms. The van der Waals surface area contributed by atoms with Gasteiger partial charge in [0.05, 0.1) is 6.33 Å². The number of amides is 2. The molecule has 2 aromatic carbocycles. The van der Waals surface area contributed by atoms with Crippen molar-refractivity contribution in [2.45, 2.75) is 77.4 Å². The molecule has 1 aromatic heterocycles. The lowest BCUT2D eigenvalue weighted by atomic mass is 9.76. The van der Waals surface area contributed by atoms with Gasteiger partial charge in [0.15, 0.2) is 0 Å². The number of carbonyl (C=O) groups is 2. The first-order chi connectivity index (χ1) is 18.5. The van der Waals surface area contributed by atoms with Gasteiger partial charge in [0.1, 0.15) is 0 Å². The SMILES string of the molecule is CNC(C)=O.O=C1CC[C@@H](C[C@H]2CCCC(Cc3cncn3Cc3ccccc3)C2)N1Cc1ccccc1. The highest BCUT2D eigenvalue weighted by Gasteiger charge is 2.34. The highest BCUT2D eigenvalue weighted by Crippen LogP contribution is 2.37. The van der Waals surface area contributed by atoms with E-state index in [0.717, 1.165) is 37.8 Å². The molecule has 202 valence electrons. The minimum atomic E-state index is 0.00463. The van der Waals surface area contributed by atoms with Crippen molar-refractivity contribution in [3.05, 3.63) is 90.0 Å². The minimum absolute atomic E-state index is 0.00463. The number of nitrogens with zero attached hydrogens (tertiary/aromatic N) is 3. The molecule has 3 aromatic rings. The number of aromatic nitrogens is 2. The normalized spacial score (nSPS) is 21.1. The van der Waals surface area contributed by atoms with E-state index < -0.39 is 0 Å². The first-order valence-electron chi connectivity index (χ1n) is 14.1. The smallest absolute Gasteiger partial charge is 0.223 e. The monoisotopic (exact) mass is 514 g/mol. The van der Waals surface area contributed by atoms with E-state index in [2.05, 4.69) is 80.6 Å². The second-order valence-corrected chi connectivity index (χ2v) is 10.8. The van der Waals surface area contributed by atoms with Crippen molar-refractivity contribution in [2.75, 3.05) is 7.05 Å². The Morgan fingerprint density at radius 1 is 0.947 bits per heavy atom. The van der Waals surface area contributed by atoms with Crippen LogP contribution in [-0.2, 0) is 29.1 Å². The third-order valence-electron chi connectivity index (χ3n) is 7.99. The Balaban J connectivity index is 0.000000617. The predicted octanol–water partition coefficient (Wildman–Crippen LogP) is 5.61. The van der Waals surface area contributed by atoms with Crippen molar-refractivity contribution in [3.8, 4) is 0 Å². The zero-order valence-electron chi connectivity index (χ0n) is 22.9. The quantitative estimate of drug-likeness (QED) is 0.425. The number of hydrogen-bond donors (Lipinski definition) is 1. The number of nitrogens with one attached hydrogen (secondary N) is 1. The second kappa shape index (κ2) is 13.9. The van der Waals surface area contributed by atoms with Crippen molar-refractivity contribution >= 4 is 11.8 Å². The second-order valence-electron chi connectivity index (χ2n) is 10.8. The number of benzene rings is 2. The maximum Gasteiger partial charge on any atom is 0.223 e. The highest BCUT2D eigenvalue weighted by molar-refractivity contribution is 5.78. The van der Waals surface area contributed by atoms with E-state index in [1.165, 1.54) is 55.8 Å². The molecule has 1 aliphatic carbocycles. The Bertz CT molecular complexity index is 1140. The van der Waals surface area contributed by atoms with Gasteiger partial charge in [0, 0.05) is 51.4 Å². The van der Waals surface area contributed by atoms with E-state index >= 15 is 0 Å². The van der Waals surface area contributed by atoms with Crippen molar-refractivity contribution in [1.82, 2.24) is 19.8 Å². The third-order valence-corrected chi connectivity index (χ3v) is 7.99. The van der Waals surface area contributed by atoms with Crippen molar-refractivity contribution in [2.24, 2.45) is 11.8 Å². The Morgan fingerprint density at radius 2 is 1.58 bits per heavy atom. The molecule has 0 radical (unpaired) electrons. The van der Waals surface area contributed by atoms with Gasteiger partial charge in [0.25, 0.3) is 0 Å². The lowest BCUT2D eigenvalue weighted by molar-refractivity contribution is -0.129. The Hall–Kier alpha value is -3.41. The average Bonchev–Trinajstić information content (AvgIpc) is 3.51. The van der Waals surface area contributed by atoms with Crippen LogP contribution in [0.15, 0.2) is 73.2 Å². The van der Waals surface area contributed by atoms with Gasteiger partial charge in [-0.2, -0.15) is 0 Å². The van der Waals surface area contributed by atoms with E-state index in [1.54, 1.807) is 7.05 Å². The largest absolute Gasteiger partial charge is 0.359 e. The first-order valence-corrected chi connectivity index (χ1v) is 14.1. The van der Waals surface area contributed by atoms with Gasteiger partial charge in [-0.3, -0.25) is 9.59 Å². The van der Waals surface area contributed by atoms with Crippen LogP contribution in [0, 0.1) is 11.8 Å². The molecule has 2 amide bonds. The summed E-state index contributed by atoms with van der Waals surface area (Å²) in [5.74, 6) is 1.78. The van der Waals surface area contributed by atoms with Gasteiger partial charge in [-0.15, -0.1) is 0 Å². The molecule has 2 heterocycles. The van der Waals surface area contributed by atoms with Gasteiger partial charge in [-0.25, -0.2) is 4.98 Å². The summed E-state index contributed by atoms with van der Waals surface area (Å²) in [6, 6.07) is 21.5. The molecule has 3 atom stereocenters. The van der Waals surface area contributed by atoms with E-state index in [0.29, 0.717) is 18.4 Å². The average molecular weight is 515 g/mol. The molecule has 0 bridgehead atoms. The van der Waals surface area contributed by atoms with Crippen LogP contribution in [0.4, 0.5) is 0 Å². The predicted molar refractivity (Wildman–Crippen MR) is 151 cm³/mol. The fourth-order valence-electron chi connectivity index (χ4n) is 5.96. The lowest BCUT2D eigenvalue weighted by Crippen LogP contribution is -2.34. The molecule has 1 unspecified atom stereocenters. The number of imidazole rings is 1. The maximum absolute atomic E-state index is 12.6. The number of rotatable bonds is 8. The van der Waals surface area contributed by atoms with E-state index in [1.807, 2.05) is 12.4 Å². The van der Waals surface area contributed by atoms with Gasteiger partial charge in [-0.1, -0.05) is 79.9 Å². The molecular formula is C32H42N4O2. The summed E-state index contributed by atoms with van der Waals surface area (Å²) in [5, 5.41) is 2.39. The first kappa shape index (κ1) is 27.6. The zero-order chi connectivity index (χ0) is 26.7. The number of likely N-dealkylation sites (tertiary alicyclic amines) is 1. The highest BCUT2D eigenvalue weighted by atomic mass is 16.2. The van der Waals surface area contributed by atoms with Crippen LogP contribution in [0.25, 0.3) is 0 Å². The van der Waals surface area contributed by atoms with Gasteiger partial charge in [-0.05, 0) is 48.6 Å². The molecular weight excluding hydrogens is 472 g/mol. The van der Waals surface area contributed by atoms with Gasteiger partial charge >= 0.3 is 0 Å².